The molecule has 0 unspecified atom stereocenters. The van der Waals surface area contributed by atoms with Gasteiger partial charge < -0.3 is 10.1 Å². The Morgan fingerprint density at radius 1 is 1.15 bits per heavy atom. The maximum atomic E-state index is 6.29. The molecule has 0 spiro atoms. The molecule has 0 saturated carbocycles. The summed E-state index contributed by atoms with van der Waals surface area (Å²) < 4.78 is 5.98. The van der Waals surface area contributed by atoms with Gasteiger partial charge >= 0.3 is 0 Å². The molecule has 0 aliphatic carbocycles. The Kier molecular flexibility index (Phi) is 5.45. The summed E-state index contributed by atoms with van der Waals surface area (Å²) in [7, 11) is 0. The molecule has 1 N–H and O–H groups in total. The average molecular weight is 290 g/mol. The van der Waals surface area contributed by atoms with E-state index in [9.17, 15) is 0 Å². The summed E-state index contributed by atoms with van der Waals surface area (Å²) in [4.78, 5) is 0. The summed E-state index contributed by atoms with van der Waals surface area (Å²) in [6.45, 7) is 5.88. The molecule has 2 rings (SSSR count). The van der Waals surface area contributed by atoms with E-state index in [2.05, 4.69) is 25.2 Å². The van der Waals surface area contributed by atoms with Crippen molar-refractivity contribution in [3.05, 3.63) is 58.6 Å². The first kappa shape index (κ1) is 14.9. The average Bonchev–Trinajstić information content (AvgIpc) is 2.42. The molecule has 0 aliphatic heterocycles. The van der Waals surface area contributed by atoms with Crippen molar-refractivity contribution in [2.45, 2.75) is 26.8 Å². The number of benzene rings is 2. The van der Waals surface area contributed by atoms with E-state index >= 15 is 0 Å². The lowest BCUT2D eigenvalue weighted by molar-refractivity contribution is 0.472. The van der Waals surface area contributed by atoms with Crippen molar-refractivity contribution >= 4 is 11.6 Å². The second-order valence-electron chi connectivity index (χ2n) is 4.81. The molecule has 2 aromatic carbocycles. The maximum Gasteiger partial charge on any atom is 0.133 e. The summed E-state index contributed by atoms with van der Waals surface area (Å²) in [5, 5.41) is 4.10. The number of ether oxygens (including phenoxy) is 1. The van der Waals surface area contributed by atoms with Crippen LogP contribution < -0.4 is 10.1 Å². The Labute approximate surface area is 125 Å². The normalized spacial score (nSPS) is 10.6. The third-order valence-electron chi connectivity index (χ3n) is 3.02. The van der Waals surface area contributed by atoms with Gasteiger partial charge in [0.15, 0.2) is 0 Å². The molecule has 0 bridgehead atoms. The number of rotatable bonds is 6. The van der Waals surface area contributed by atoms with Crippen molar-refractivity contribution in [2.75, 3.05) is 6.54 Å². The van der Waals surface area contributed by atoms with Crippen LogP contribution in [0.2, 0.25) is 5.02 Å². The van der Waals surface area contributed by atoms with Crippen LogP contribution in [0.4, 0.5) is 0 Å². The zero-order valence-corrected chi connectivity index (χ0v) is 12.7. The van der Waals surface area contributed by atoms with Crippen molar-refractivity contribution in [1.29, 1.82) is 0 Å². The first-order valence-electron chi connectivity index (χ1n) is 6.93. The maximum absolute atomic E-state index is 6.29. The summed E-state index contributed by atoms with van der Waals surface area (Å²) in [5.41, 5.74) is 2.18. The van der Waals surface area contributed by atoms with E-state index in [1.807, 2.05) is 36.4 Å². The lowest BCUT2D eigenvalue weighted by atomic mass is 10.2. The highest BCUT2D eigenvalue weighted by atomic mass is 35.5. The topological polar surface area (TPSA) is 21.3 Å². The molecular weight excluding hydrogens is 270 g/mol. The second-order valence-corrected chi connectivity index (χ2v) is 5.22. The van der Waals surface area contributed by atoms with E-state index in [1.54, 1.807) is 0 Å². The van der Waals surface area contributed by atoms with Gasteiger partial charge in [0.05, 0.1) is 0 Å². The van der Waals surface area contributed by atoms with Crippen molar-refractivity contribution < 1.29 is 4.74 Å². The minimum atomic E-state index is 0.717. The predicted octanol–water partition coefficient (Wildman–Crippen LogP) is 4.94. The molecular formula is C17H20ClNO. The van der Waals surface area contributed by atoms with Gasteiger partial charge in [0.2, 0.25) is 0 Å². The van der Waals surface area contributed by atoms with Crippen LogP contribution in [0.5, 0.6) is 11.5 Å². The molecule has 0 heterocycles. The first-order chi connectivity index (χ1) is 9.70. The smallest absolute Gasteiger partial charge is 0.133 e. The van der Waals surface area contributed by atoms with E-state index < -0.39 is 0 Å². The molecule has 0 saturated heterocycles. The molecule has 0 amide bonds. The molecule has 0 radical (unpaired) electrons. The number of hydrogen-bond donors (Lipinski definition) is 1. The molecule has 3 heteroatoms. The van der Waals surface area contributed by atoms with E-state index in [4.69, 9.17) is 16.3 Å². The zero-order chi connectivity index (χ0) is 14.4. The Balaban J connectivity index is 2.20. The van der Waals surface area contributed by atoms with Crippen LogP contribution in [0.15, 0.2) is 42.5 Å². The highest BCUT2D eigenvalue weighted by molar-refractivity contribution is 6.31. The van der Waals surface area contributed by atoms with Gasteiger partial charge in [0, 0.05) is 17.1 Å². The van der Waals surface area contributed by atoms with Crippen molar-refractivity contribution in [2.24, 2.45) is 0 Å². The monoisotopic (exact) mass is 289 g/mol. The van der Waals surface area contributed by atoms with Crippen LogP contribution in [-0.2, 0) is 6.54 Å². The lowest BCUT2D eigenvalue weighted by Gasteiger charge is -2.13. The van der Waals surface area contributed by atoms with Gasteiger partial charge in [0.1, 0.15) is 11.5 Å². The van der Waals surface area contributed by atoms with Gasteiger partial charge in [-0.3, -0.25) is 0 Å². The lowest BCUT2D eigenvalue weighted by Crippen LogP contribution is -2.14. The van der Waals surface area contributed by atoms with Gasteiger partial charge in [0.25, 0.3) is 0 Å². The Hall–Kier alpha value is -1.51. The number of hydrogen-bond acceptors (Lipinski definition) is 2. The molecule has 20 heavy (non-hydrogen) atoms. The standard InChI is InChI=1S/C17H20ClNO/c1-3-10-19-12-15-16(18)8-5-9-17(15)20-14-7-4-6-13(2)11-14/h4-9,11,19H,3,10,12H2,1-2H3. The highest BCUT2D eigenvalue weighted by Gasteiger charge is 2.09. The summed E-state index contributed by atoms with van der Waals surface area (Å²) in [5.74, 6) is 1.65. The molecule has 0 atom stereocenters. The second kappa shape index (κ2) is 7.32. The summed E-state index contributed by atoms with van der Waals surface area (Å²) in [6.07, 6.45) is 1.10. The van der Waals surface area contributed by atoms with Crippen LogP contribution in [0.1, 0.15) is 24.5 Å². The van der Waals surface area contributed by atoms with Gasteiger partial charge in [-0.2, -0.15) is 0 Å². The molecule has 0 aromatic heterocycles. The van der Waals surface area contributed by atoms with Crippen LogP contribution >= 0.6 is 11.6 Å². The van der Waals surface area contributed by atoms with Gasteiger partial charge in [-0.25, -0.2) is 0 Å². The third-order valence-corrected chi connectivity index (χ3v) is 3.38. The molecule has 106 valence electrons. The van der Waals surface area contributed by atoms with Gasteiger partial charge in [-0.15, -0.1) is 0 Å². The van der Waals surface area contributed by atoms with Crippen molar-refractivity contribution in [3.8, 4) is 11.5 Å². The van der Waals surface area contributed by atoms with Crippen LogP contribution in [-0.4, -0.2) is 6.54 Å². The van der Waals surface area contributed by atoms with Crippen molar-refractivity contribution in [3.63, 3.8) is 0 Å². The van der Waals surface area contributed by atoms with E-state index in [0.717, 1.165) is 35.1 Å². The number of aryl methyl sites for hydroxylation is 1. The minimum Gasteiger partial charge on any atom is -0.457 e. The Morgan fingerprint density at radius 3 is 2.70 bits per heavy atom. The quantitative estimate of drug-likeness (QED) is 0.761. The fourth-order valence-electron chi connectivity index (χ4n) is 2.00. The van der Waals surface area contributed by atoms with E-state index in [1.165, 1.54) is 5.56 Å². The molecule has 2 aromatic rings. The fraction of sp³-hybridized carbons (Fsp3) is 0.294. The summed E-state index contributed by atoms with van der Waals surface area (Å²) in [6, 6.07) is 13.8. The molecule has 0 fully saturated rings. The zero-order valence-electron chi connectivity index (χ0n) is 11.9. The molecule has 2 nitrogen and oxygen atoms in total. The largest absolute Gasteiger partial charge is 0.457 e. The van der Waals surface area contributed by atoms with Crippen LogP contribution in [0.3, 0.4) is 0 Å². The molecule has 0 aliphatic rings. The van der Waals surface area contributed by atoms with Gasteiger partial charge in [-0.05, 0) is 49.7 Å². The third kappa shape index (κ3) is 3.99. The van der Waals surface area contributed by atoms with E-state index in [-0.39, 0.29) is 0 Å². The summed E-state index contributed by atoms with van der Waals surface area (Å²) >= 11 is 6.29. The fourth-order valence-corrected chi connectivity index (χ4v) is 2.23. The highest BCUT2D eigenvalue weighted by Crippen LogP contribution is 2.30. The Bertz CT molecular complexity index is 569. The number of halogens is 1. The van der Waals surface area contributed by atoms with Crippen molar-refractivity contribution in [1.82, 2.24) is 5.32 Å². The van der Waals surface area contributed by atoms with Crippen LogP contribution in [0.25, 0.3) is 0 Å². The van der Waals surface area contributed by atoms with Crippen LogP contribution in [0, 0.1) is 6.92 Å². The predicted molar refractivity (Wildman–Crippen MR) is 84.7 cm³/mol. The van der Waals surface area contributed by atoms with Gasteiger partial charge in [-0.1, -0.05) is 36.7 Å². The first-order valence-corrected chi connectivity index (χ1v) is 7.31. The Morgan fingerprint density at radius 2 is 1.95 bits per heavy atom. The van der Waals surface area contributed by atoms with E-state index in [0.29, 0.717) is 6.54 Å². The SMILES string of the molecule is CCCNCc1c(Cl)cccc1Oc1cccc(C)c1. The minimum absolute atomic E-state index is 0.717. The number of nitrogens with one attached hydrogen (secondary N) is 1.